The van der Waals surface area contributed by atoms with Crippen LogP contribution < -0.4 is 5.56 Å². The van der Waals surface area contributed by atoms with Crippen LogP contribution in [0.3, 0.4) is 0 Å². The summed E-state index contributed by atoms with van der Waals surface area (Å²) in [4.78, 5) is 43.3. The van der Waals surface area contributed by atoms with Crippen molar-refractivity contribution in [1.29, 1.82) is 0 Å². The lowest BCUT2D eigenvalue weighted by molar-refractivity contribution is -0.141. The predicted molar refractivity (Wildman–Crippen MR) is 101 cm³/mol. The van der Waals surface area contributed by atoms with Gasteiger partial charge in [-0.2, -0.15) is 5.10 Å². The Balaban J connectivity index is 2.07. The summed E-state index contributed by atoms with van der Waals surface area (Å²) in [5.41, 5.74) is 2.10. The van der Waals surface area contributed by atoms with Crippen molar-refractivity contribution in [3.8, 4) is 10.6 Å². The number of aryl methyl sites for hydroxylation is 3. The average molecular weight is 390 g/mol. The number of carbonyl (C=O) groups excluding carboxylic acids is 1. The zero-order valence-electron chi connectivity index (χ0n) is 15.9. The van der Waals surface area contributed by atoms with Gasteiger partial charge in [-0.25, -0.2) is 14.5 Å². The van der Waals surface area contributed by atoms with Crippen LogP contribution in [0.5, 0.6) is 0 Å². The minimum atomic E-state index is -1.04. The van der Waals surface area contributed by atoms with E-state index in [9.17, 15) is 19.5 Å². The molecular weight excluding hydrogens is 368 g/mol. The third-order valence-corrected chi connectivity index (χ3v) is 6.04. The molecule has 0 aromatic carbocycles. The van der Waals surface area contributed by atoms with Gasteiger partial charge in [-0.1, -0.05) is 0 Å². The van der Waals surface area contributed by atoms with Gasteiger partial charge in [0.25, 0.3) is 11.5 Å². The van der Waals surface area contributed by atoms with Gasteiger partial charge in [-0.15, -0.1) is 11.3 Å². The summed E-state index contributed by atoms with van der Waals surface area (Å²) in [5, 5.41) is 14.0. The second kappa shape index (κ2) is 6.88. The van der Waals surface area contributed by atoms with Gasteiger partial charge in [0.1, 0.15) is 15.9 Å². The molecule has 1 aliphatic carbocycles. The highest BCUT2D eigenvalue weighted by Gasteiger charge is 2.40. The van der Waals surface area contributed by atoms with Gasteiger partial charge in [-0.3, -0.25) is 9.59 Å². The van der Waals surface area contributed by atoms with Crippen molar-refractivity contribution in [1.82, 2.24) is 19.7 Å². The molecule has 144 valence electrons. The molecule has 2 heterocycles. The molecular formula is C18H22N4O4S. The van der Waals surface area contributed by atoms with Crippen LogP contribution in [-0.4, -0.2) is 48.7 Å². The lowest BCUT2D eigenvalue weighted by Crippen LogP contribution is -2.44. The van der Waals surface area contributed by atoms with Gasteiger partial charge >= 0.3 is 5.97 Å². The molecule has 0 saturated heterocycles. The smallest absolute Gasteiger partial charge is 0.326 e. The number of nitrogens with zero attached hydrogens (tertiary/aromatic N) is 4. The van der Waals surface area contributed by atoms with Gasteiger partial charge in [0, 0.05) is 13.1 Å². The van der Waals surface area contributed by atoms with Crippen molar-refractivity contribution in [2.75, 3.05) is 0 Å². The Bertz CT molecular complexity index is 990. The predicted octanol–water partition coefficient (Wildman–Crippen LogP) is 1.91. The molecule has 2 aromatic heterocycles. The van der Waals surface area contributed by atoms with E-state index in [2.05, 4.69) is 10.1 Å². The molecule has 0 aliphatic heterocycles. The van der Waals surface area contributed by atoms with E-state index in [0.717, 1.165) is 29.7 Å². The van der Waals surface area contributed by atoms with Crippen LogP contribution in [0.25, 0.3) is 10.6 Å². The van der Waals surface area contributed by atoms with E-state index in [1.165, 1.54) is 16.5 Å². The Hall–Kier alpha value is -2.55. The SMILES string of the molecule is Cc1nc(-c2c(C)c(C)nn(C)c2=O)sc1C(=O)N(C1CC1)C(C)C(=O)O. The number of amides is 1. The minimum Gasteiger partial charge on any atom is -0.480 e. The maximum Gasteiger partial charge on any atom is 0.326 e. The summed E-state index contributed by atoms with van der Waals surface area (Å²) in [6.07, 6.45) is 1.61. The largest absolute Gasteiger partial charge is 0.480 e. The summed E-state index contributed by atoms with van der Waals surface area (Å²) in [6, 6.07) is -0.959. The summed E-state index contributed by atoms with van der Waals surface area (Å²) < 4.78 is 1.26. The maximum atomic E-state index is 13.1. The standard InChI is InChI=1S/C18H22N4O4S/c1-8-9(2)20-21(5)16(23)13(8)15-19-10(3)14(27-15)17(24)22(12-6-7-12)11(4)18(25)26/h11-12H,6-7H2,1-5H3,(H,25,26). The maximum absolute atomic E-state index is 13.1. The fourth-order valence-electron chi connectivity index (χ4n) is 3.05. The highest BCUT2D eigenvalue weighted by atomic mass is 32.1. The Morgan fingerprint density at radius 1 is 1.26 bits per heavy atom. The van der Waals surface area contributed by atoms with Crippen molar-refractivity contribution in [3.05, 3.63) is 32.2 Å². The molecule has 8 nitrogen and oxygen atoms in total. The molecule has 2 aromatic rings. The Labute approximate surface area is 160 Å². The van der Waals surface area contributed by atoms with E-state index in [1.54, 1.807) is 20.9 Å². The normalized spacial score (nSPS) is 14.9. The summed E-state index contributed by atoms with van der Waals surface area (Å²) in [7, 11) is 1.58. The van der Waals surface area contributed by atoms with Crippen LogP contribution >= 0.6 is 11.3 Å². The van der Waals surface area contributed by atoms with Gasteiger partial charge < -0.3 is 10.0 Å². The molecule has 1 atom stereocenters. The molecule has 1 unspecified atom stereocenters. The number of carboxylic acids is 1. The second-order valence-electron chi connectivity index (χ2n) is 6.91. The number of hydrogen-bond acceptors (Lipinski definition) is 6. The Kier molecular flexibility index (Phi) is 4.90. The fraction of sp³-hybridized carbons (Fsp3) is 0.500. The minimum absolute atomic E-state index is 0.0497. The monoisotopic (exact) mass is 390 g/mol. The van der Waals surface area contributed by atoms with Crippen LogP contribution in [0, 0.1) is 20.8 Å². The third kappa shape index (κ3) is 3.39. The first-order valence-corrected chi connectivity index (χ1v) is 9.52. The van der Waals surface area contributed by atoms with Crippen LogP contribution in [0.2, 0.25) is 0 Å². The van der Waals surface area contributed by atoms with E-state index < -0.39 is 12.0 Å². The molecule has 1 saturated carbocycles. The lowest BCUT2D eigenvalue weighted by atomic mass is 10.1. The molecule has 27 heavy (non-hydrogen) atoms. The van der Waals surface area contributed by atoms with Crippen LogP contribution in [-0.2, 0) is 11.8 Å². The molecule has 1 fully saturated rings. The summed E-state index contributed by atoms with van der Waals surface area (Å²) in [5.74, 6) is -1.37. The fourth-order valence-corrected chi connectivity index (χ4v) is 4.15. The number of aliphatic carboxylic acids is 1. The first kappa shape index (κ1) is 19.2. The molecule has 0 spiro atoms. The average Bonchev–Trinajstić information content (AvgIpc) is 3.35. The molecule has 1 amide bonds. The van der Waals surface area contributed by atoms with E-state index in [4.69, 9.17) is 0 Å². The van der Waals surface area contributed by atoms with Crippen LogP contribution in [0.1, 0.15) is 46.4 Å². The van der Waals surface area contributed by atoms with Crippen LogP contribution in [0.4, 0.5) is 0 Å². The third-order valence-electron chi connectivity index (χ3n) is 4.88. The van der Waals surface area contributed by atoms with Crippen molar-refractivity contribution in [3.63, 3.8) is 0 Å². The molecule has 1 N–H and O–H groups in total. The molecule has 0 bridgehead atoms. The molecule has 3 rings (SSSR count). The number of rotatable bonds is 5. The van der Waals surface area contributed by atoms with Gasteiger partial charge in [0.2, 0.25) is 0 Å². The number of carboxylic acid groups (broad SMARTS) is 1. The first-order valence-electron chi connectivity index (χ1n) is 8.71. The Morgan fingerprint density at radius 2 is 1.89 bits per heavy atom. The zero-order valence-corrected chi connectivity index (χ0v) is 16.8. The summed E-state index contributed by atoms with van der Waals surface area (Å²) >= 11 is 1.13. The lowest BCUT2D eigenvalue weighted by Gasteiger charge is -2.26. The van der Waals surface area contributed by atoms with E-state index in [1.807, 2.05) is 6.92 Å². The Morgan fingerprint density at radius 3 is 2.44 bits per heavy atom. The van der Waals surface area contributed by atoms with E-state index >= 15 is 0 Å². The van der Waals surface area contributed by atoms with Crippen LogP contribution in [0.15, 0.2) is 4.79 Å². The first-order chi connectivity index (χ1) is 12.6. The second-order valence-corrected chi connectivity index (χ2v) is 7.90. The number of aromatic nitrogens is 3. The number of hydrogen-bond donors (Lipinski definition) is 1. The molecule has 0 radical (unpaired) electrons. The zero-order chi connectivity index (χ0) is 20.0. The molecule has 9 heteroatoms. The molecule has 1 aliphatic rings. The van der Waals surface area contributed by atoms with E-state index in [-0.39, 0.29) is 17.5 Å². The quantitative estimate of drug-likeness (QED) is 0.836. The van der Waals surface area contributed by atoms with Gasteiger partial charge in [0.15, 0.2) is 0 Å². The van der Waals surface area contributed by atoms with Crippen molar-refractivity contribution >= 4 is 23.2 Å². The number of carbonyl (C=O) groups is 2. The van der Waals surface area contributed by atoms with Gasteiger partial charge in [-0.05, 0) is 46.1 Å². The van der Waals surface area contributed by atoms with Crippen molar-refractivity contribution < 1.29 is 14.7 Å². The number of thiazole rings is 1. The van der Waals surface area contributed by atoms with E-state index in [0.29, 0.717) is 26.8 Å². The van der Waals surface area contributed by atoms with Crippen molar-refractivity contribution in [2.24, 2.45) is 7.05 Å². The highest BCUT2D eigenvalue weighted by molar-refractivity contribution is 7.17. The topological polar surface area (TPSA) is 105 Å². The van der Waals surface area contributed by atoms with Gasteiger partial charge in [0.05, 0.1) is 17.0 Å². The van der Waals surface area contributed by atoms with Crippen molar-refractivity contribution in [2.45, 2.75) is 52.6 Å². The summed E-state index contributed by atoms with van der Waals surface area (Å²) in [6.45, 7) is 6.84. The highest BCUT2D eigenvalue weighted by Crippen LogP contribution is 2.34.